The van der Waals surface area contributed by atoms with Crippen LogP contribution in [0.15, 0.2) is 41.6 Å². The number of carbonyl (C=O) groups is 1. The highest BCUT2D eigenvalue weighted by molar-refractivity contribution is 5.93. The van der Waals surface area contributed by atoms with E-state index in [1.54, 1.807) is 24.7 Å². The van der Waals surface area contributed by atoms with Crippen LogP contribution in [-0.2, 0) is 4.74 Å². The zero-order chi connectivity index (χ0) is 17.1. The number of likely N-dealkylation sites (tertiary alicyclic amines) is 1. The number of hydrogen-bond acceptors (Lipinski definition) is 6. The van der Waals surface area contributed by atoms with Gasteiger partial charge in [-0.25, -0.2) is 4.98 Å². The minimum Gasteiger partial charge on any atom is -0.472 e. The molecule has 2 aromatic rings. The van der Waals surface area contributed by atoms with E-state index in [9.17, 15) is 4.79 Å². The molecule has 1 unspecified atom stereocenters. The average Bonchev–Trinajstić information content (AvgIpc) is 3.12. The maximum absolute atomic E-state index is 12.7. The van der Waals surface area contributed by atoms with E-state index < -0.39 is 0 Å². The number of carbonyl (C=O) groups excluding carboxylic acids is 1. The predicted octanol–water partition coefficient (Wildman–Crippen LogP) is 1.83. The highest BCUT2D eigenvalue weighted by Crippen LogP contribution is 2.34. The number of anilines is 1. The van der Waals surface area contributed by atoms with Gasteiger partial charge in [-0.2, -0.15) is 0 Å². The Hall–Kier alpha value is -2.41. The van der Waals surface area contributed by atoms with Gasteiger partial charge in [0.05, 0.1) is 31.2 Å². The first-order valence-electron chi connectivity index (χ1n) is 8.66. The Morgan fingerprint density at radius 2 is 2.20 bits per heavy atom. The summed E-state index contributed by atoms with van der Waals surface area (Å²) in [5, 5.41) is 0. The van der Waals surface area contributed by atoms with E-state index in [1.165, 1.54) is 12.5 Å². The zero-order valence-corrected chi connectivity index (χ0v) is 14.1. The van der Waals surface area contributed by atoms with Crippen molar-refractivity contribution >= 4 is 11.7 Å². The molecule has 25 heavy (non-hydrogen) atoms. The van der Waals surface area contributed by atoms with Gasteiger partial charge in [-0.3, -0.25) is 9.78 Å². The second-order valence-corrected chi connectivity index (χ2v) is 6.88. The maximum atomic E-state index is 12.7. The molecule has 0 aromatic carbocycles. The van der Waals surface area contributed by atoms with Crippen LogP contribution in [0.3, 0.4) is 0 Å². The third kappa shape index (κ3) is 3.37. The van der Waals surface area contributed by atoms with Crippen LogP contribution in [0.25, 0.3) is 0 Å². The summed E-state index contributed by atoms with van der Waals surface area (Å²) in [7, 11) is 0. The Balaban J connectivity index is 1.53. The van der Waals surface area contributed by atoms with Crippen LogP contribution in [0.1, 0.15) is 23.2 Å². The minimum atomic E-state index is -0.0777. The lowest BCUT2D eigenvalue weighted by atomic mass is 9.80. The topological polar surface area (TPSA) is 71.7 Å². The van der Waals surface area contributed by atoms with E-state index >= 15 is 0 Å². The Bertz CT molecular complexity index is 706. The first-order valence-corrected chi connectivity index (χ1v) is 8.66. The fourth-order valence-electron chi connectivity index (χ4n) is 3.84. The normalized spacial score (nSPS) is 24.3. The SMILES string of the molecule is O=C(c1ccoc1)N1CCCC2(COCCN(c3cnccn3)C2)C1. The first-order chi connectivity index (χ1) is 12.3. The number of furan rings is 1. The minimum absolute atomic E-state index is 0.0307. The molecule has 7 nitrogen and oxygen atoms in total. The number of piperidine rings is 1. The molecule has 132 valence electrons. The summed E-state index contributed by atoms with van der Waals surface area (Å²) in [6.07, 6.45) is 10.2. The van der Waals surface area contributed by atoms with Gasteiger partial charge in [0.1, 0.15) is 12.1 Å². The molecular weight excluding hydrogens is 320 g/mol. The Labute approximate surface area is 146 Å². The summed E-state index contributed by atoms with van der Waals surface area (Å²) in [6, 6.07) is 1.72. The van der Waals surface area contributed by atoms with E-state index in [0.29, 0.717) is 25.3 Å². The van der Waals surface area contributed by atoms with Crippen LogP contribution >= 0.6 is 0 Å². The molecule has 2 aromatic heterocycles. The average molecular weight is 342 g/mol. The van der Waals surface area contributed by atoms with Crippen molar-refractivity contribution in [1.29, 1.82) is 0 Å². The predicted molar refractivity (Wildman–Crippen MR) is 91.3 cm³/mol. The van der Waals surface area contributed by atoms with Crippen molar-refractivity contribution in [3.63, 3.8) is 0 Å². The number of amides is 1. The molecule has 0 saturated carbocycles. The van der Waals surface area contributed by atoms with Crippen molar-refractivity contribution < 1.29 is 13.9 Å². The molecule has 2 fully saturated rings. The monoisotopic (exact) mass is 342 g/mol. The number of rotatable bonds is 2. The molecular formula is C18H22N4O3. The zero-order valence-electron chi connectivity index (χ0n) is 14.1. The van der Waals surface area contributed by atoms with E-state index in [0.717, 1.165) is 38.3 Å². The Morgan fingerprint density at radius 1 is 1.24 bits per heavy atom. The molecule has 1 amide bonds. The van der Waals surface area contributed by atoms with Gasteiger partial charge in [-0.1, -0.05) is 0 Å². The first kappa shape index (κ1) is 16.1. The van der Waals surface area contributed by atoms with Gasteiger partial charge >= 0.3 is 0 Å². The molecule has 0 N–H and O–H groups in total. The molecule has 4 rings (SSSR count). The number of ether oxygens (including phenoxy) is 1. The second-order valence-electron chi connectivity index (χ2n) is 6.88. The summed E-state index contributed by atoms with van der Waals surface area (Å²) >= 11 is 0. The molecule has 7 heteroatoms. The molecule has 1 atom stereocenters. The van der Waals surface area contributed by atoms with Crippen LogP contribution in [0.4, 0.5) is 5.82 Å². The number of aromatic nitrogens is 2. The highest BCUT2D eigenvalue weighted by atomic mass is 16.5. The van der Waals surface area contributed by atoms with Crippen LogP contribution in [-0.4, -0.2) is 60.2 Å². The lowest BCUT2D eigenvalue weighted by molar-refractivity contribution is 0.0135. The third-order valence-electron chi connectivity index (χ3n) is 5.03. The van der Waals surface area contributed by atoms with E-state index in [2.05, 4.69) is 14.9 Å². The summed E-state index contributed by atoms with van der Waals surface area (Å²) in [5.74, 6) is 0.897. The number of hydrogen-bond donors (Lipinski definition) is 0. The largest absolute Gasteiger partial charge is 0.472 e. The molecule has 2 aliphatic rings. The molecule has 2 saturated heterocycles. The van der Waals surface area contributed by atoms with Gasteiger partial charge in [-0.05, 0) is 18.9 Å². The summed E-state index contributed by atoms with van der Waals surface area (Å²) in [4.78, 5) is 25.5. The summed E-state index contributed by atoms with van der Waals surface area (Å²) < 4.78 is 11.0. The molecule has 0 aliphatic carbocycles. The van der Waals surface area contributed by atoms with Gasteiger partial charge in [0.2, 0.25) is 0 Å². The van der Waals surface area contributed by atoms with Crippen LogP contribution in [0.5, 0.6) is 0 Å². The summed E-state index contributed by atoms with van der Waals surface area (Å²) in [5.41, 5.74) is 0.531. The molecule has 2 aliphatic heterocycles. The second kappa shape index (κ2) is 6.84. The van der Waals surface area contributed by atoms with Crippen LogP contribution < -0.4 is 4.90 Å². The molecule has 4 heterocycles. The van der Waals surface area contributed by atoms with E-state index in [-0.39, 0.29) is 11.3 Å². The van der Waals surface area contributed by atoms with Gasteiger partial charge in [0.15, 0.2) is 0 Å². The smallest absolute Gasteiger partial charge is 0.257 e. The van der Waals surface area contributed by atoms with Crippen molar-refractivity contribution in [2.45, 2.75) is 12.8 Å². The van der Waals surface area contributed by atoms with Gasteiger partial charge in [0, 0.05) is 44.0 Å². The fraction of sp³-hybridized carbons (Fsp3) is 0.500. The van der Waals surface area contributed by atoms with Crippen molar-refractivity contribution in [2.24, 2.45) is 5.41 Å². The lowest BCUT2D eigenvalue weighted by Gasteiger charge is -2.43. The van der Waals surface area contributed by atoms with Gasteiger partial charge < -0.3 is 19.0 Å². The van der Waals surface area contributed by atoms with Crippen LogP contribution in [0.2, 0.25) is 0 Å². The summed E-state index contributed by atoms with van der Waals surface area (Å²) in [6.45, 7) is 4.40. The van der Waals surface area contributed by atoms with Crippen molar-refractivity contribution in [2.75, 3.05) is 44.3 Å². The molecule has 1 spiro atoms. The quantitative estimate of drug-likeness (QED) is 0.829. The van der Waals surface area contributed by atoms with Gasteiger partial charge in [0.25, 0.3) is 5.91 Å². The fourth-order valence-corrected chi connectivity index (χ4v) is 3.84. The maximum Gasteiger partial charge on any atom is 0.257 e. The molecule has 0 radical (unpaired) electrons. The highest BCUT2D eigenvalue weighted by Gasteiger charge is 2.40. The van der Waals surface area contributed by atoms with E-state index in [4.69, 9.17) is 9.15 Å². The number of nitrogens with zero attached hydrogens (tertiary/aromatic N) is 4. The Kier molecular flexibility index (Phi) is 4.40. The molecule has 0 bridgehead atoms. The third-order valence-corrected chi connectivity index (χ3v) is 5.03. The van der Waals surface area contributed by atoms with Crippen molar-refractivity contribution in [1.82, 2.24) is 14.9 Å². The van der Waals surface area contributed by atoms with Crippen molar-refractivity contribution in [3.05, 3.63) is 42.7 Å². The van der Waals surface area contributed by atoms with Crippen LogP contribution in [0, 0.1) is 5.41 Å². The van der Waals surface area contributed by atoms with E-state index in [1.807, 2.05) is 4.90 Å². The van der Waals surface area contributed by atoms with Gasteiger partial charge in [-0.15, -0.1) is 0 Å². The Morgan fingerprint density at radius 3 is 3.00 bits per heavy atom. The standard InChI is InChI=1S/C18H22N4O3/c23-17(15-2-8-24-11-15)22-6-1-3-18(13-22)12-21(7-9-25-14-18)16-10-19-4-5-20-16/h2,4-5,8,10-11H,1,3,6-7,9,12-14H2. The lowest BCUT2D eigenvalue weighted by Crippen LogP contribution is -2.52. The van der Waals surface area contributed by atoms with Crippen molar-refractivity contribution in [3.8, 4) is 0 Å².